The van der Waals surface area contributed by atoms with Crippen LogP contribution < -0.4 is 5.32 Å². The van der Waals surface area contributed by atoms with Crippen molar-refractivity contribution in [3.05, 3.63) is 64.1 Å². The maximum Gasteiger partial charge on any atom is 0.416 e. The second kappa shape index (κ2) is 7.88. The predicted molar refractivity (Wildman–Crippen MR) is 90.4 cm³/mol. The maximum atomic E-state index is 12.4. The van der Waals surface area contributed by atoms with Crippen LogP contribution in [0.15, 0.2) is 53.0 Å². The molecule has 122 valence electrons. The van der Waals surface area contributed by atoms with Gasteiger partial charge in [0.25, 0.3) is 0 Å². The summed E-state index contributed by atoms with van der Waals surface area (Å²) in [6.45, 7) is 0. The summed E-state index contributed by atoms with van der Waals surface area (Å²) in [5, 5.41) is 2.58. The molecule has 23 heavy (non-hydrogen) atoms. The van der Waals surface area contributed by atoms with Gasteiger partial charge in [-0.1, -0.05) is 28.1 Å². The largest absolute Gasteiger partial charge is 0.416 e. The smallest absolute Gasteiger partial charge is 0.325 e. The number of halogens is 4. The maximum absolute atomic E-state index is 12.4. The molecule has 0 spiro atoms. The third kappa shape index (κ3) is 5.91. The summed E-state index contributed by atoms with van der Waals surface area (Å²) < 4.78 is 38.3. The minimum atomic E-state index is -4.37. The lowest BCUT2D eigenvalue weighted by atomic mass is 10.2. The van der Waals surface area contributed by atoms with E-state index in [1.165, 1.54) is 23.9 Å². The van der Waals surface area contributed by atoms with Crippen molar-refractivity contribution in [3.63, 3.8) is 0 Å². The van der Waals surface area contributed by atoms with E-state index in [1.807, 2.05) is 24.3 Å². The highest BCUT2D eigenvalue weighted by molar-refractivity contribution is 9.10. The third-order valence-electron chi connectivity index (χ3n) is 2.91. The number of carbonyl (C=O) groups excluding carboxylic acids is 1. The van der Waals surface area contributed by atoms with Crippen LogP contribution in [0.4, 0.5) is 18.9 Å². The van der Waals surface area contributed by atoms with Crippen LogP contribution in [0.2, 0.25) is 0 Å². The van der Waals surface area contributed by atoms with Crippen molar-refractivity contribution in [2.75, 3.05) is 11.1 Å². The number of amides is 1. The van der Waals surface area contributed by atoms with Gasteiger partial charge in [-0.3, -0.25) is 4.79 Å². The number of nitrogens with one attached hydrogen (secondary N) is 1. The van der Waals surface area contributed by atoms with Crippen molar-refractivity contribution in [3.8, 4) is 0 Å². The van der Waals surface area contributed by atoms with E-state index in [4.69, 9.17) is 0 Å². The average molecular weight is 404 g/mol. The number of anilines is 1. The summed E-state index contributed by atoms with van der Waals surface area (Å²) in [6.07, 6.45) is -4.37. The number of hydrogen-bond donors (Lipinski definition) is 1. The summed E-state index contributed by atoms with van der Waals surface area (Å²) in [5.74, 6) is 0.678. The van der Waals surface area contributed by atoms with Gasteiger partial charge >= 0.3 is 6.18 Å². The number of hydrogen-bond acceptors (Lipinski definition) is 2. The van der Waals surface area contributed by atoms with E-state index in [-0.39, 0.29) is 11.7 Å². The Morgan fingerprint density at radius 3 is 2.22 bits per heavy atom. The first kappa shape index (κ1) is 17.9. The van der Waals surface area contributed by atoms with Crippen molar-refractivity contribution in [1.29, 1.82) is 0 Å². The van der Waals surface area contributed by atoms with Gasteiger partial charge in [-0.2, -0.15) is 13.2 Å². The molecule has 2 rings (SSSR count). The Morgan fingerprint density at radius 2 is 1.65 bits per heavy atom. The van der Waals surface area contributed by atoms with Gasteiger partial charge in [0, 0.05) is 15.9 Å². The second-order valence-corrected chi connectivity index (χ2v) is 6.64. The highest BCUT2D eigenvalue weighted by Crippen LogP contribution is 2.29. The van der Waals surface area contributed by atoms with Crippen molar-refractivity contribution in [2.45, 2.75) is 11.9 Å². The molecule has 2 nitrogen and oxygen atoms in total. The molecule has 1 N–H and O–H groups in total. The van der Waals surface area contributed by atoms with E-state index in [0.717, 1.165) is 22.2 Å². The first-order chi connectivity index (χ1) is 10.8. The van der Waals surface area contributed by atoms with Crippen LogP contribution in [0, 0.1) is 0 Å². The highest BCUT2D eigenvalue weighted by Gasteiger charge is 2.29. The molecule has 0 bridgehead atoms. The topological polar surface area (TPSA) is 29.1 Å². The Bertz CT molecular complexity index is 657. The van der Waals surface area contributed by atoms with Crippen LogP contribution in [0.25, 0.3) is 0 Å². The van der Waals surface area contributed by atoms with E-state index in [1.54, 1.807) is 0 Å². The highest BCUT2D eigenvalue weighted by atomic mass is 79.9. The number of rotatable bonds is 5. The molecule has 0 fully saturated rings. The van der Waals surface area contributed by atoms with Crippen molar-refractivity contribution in [2.24, 2.45) is 0 Å². The van der Waals surface area contributed by atoms with Crippen LogP contribution in [0.3, 0.4) is 0 Å². The van der Waals surface area contributed by atoms with Gasteiger partial charge in [-0.05, 0) is 42.0 Å². The summed E-state index contributed by atoms with van der Waals surface area (Å²) >= 11 is 4.79. The molecule has 2 aromatic carbocycles. The summed E-state index contributed by atoms with van der Waals surface area (Å²) in [6, 6.07) is 12.2. The number of alkyl halides is 3. The normalized spacial score (nSPS) is 11.3. The van der Waals surface area contributed by atoms with Crippen LogP contribution in [-0.2, 0) is 16.7 Å². The third-order valence-corrected chi connectivity index (χ3v) is 4.44. The van der Waals surface area contributed by atoms with Gasteiger partial charge in [0.1, 0.15) is 0 Å². The molecular formula is C16H13BrF3NOS. The van der Waals surface area contributed by atoms with E-state index >= 15 is 0 Å². The van der Waals surface area contributed by atoms with E-state index in [0.29, 0.717) is 11.4 Å². The van der Waals surface area contributed by atoms with Gasteiger partial charge in [-0.15, -0.1) is 11.8 Å². The fraction of sp³-hybridized carbons (Fsp3) is 0.188. The molecule has 1 amide bonds. The zero-order valence-electron chi connectivity index (χ0n) is 11.9. The van der Waals surface area contributed by atoms with Gasteiger partial charge < -0.3 is 5.32 Å². The van der Waals surface area contributed by atoms with Crippen LogP contribution >= 0.6 is 27.7 Å². The molecule has 0 aliphatic rings. The van der Waals surface area contributed by atoms with Gasteiger partial charge in [0.2, 0.25) is 5.91 Å². The zero-order chi connectivity index (χ0) is 16.9. The minimum absolute atomic E-state index is 0.233. The van der Waals surface area contributed by atoms with Gasteiger partial charge in [0.15, 0.2) is 0 Å². The molecule has 7 heteroatoms. The molecule has 0 aromatic heterocycles. The number of carbonyl (C=O) groups is 1. The summed E-state index contributed by atoms with van der Waals surface area (Å²) in [5.41, 5.74) is 0.716. The Balaban J connectivity index is 1.79. The molecule has 0 radical (unpaired) electrons. The Hall–Kier alpha value is -1.47. The zero-order valence-corrected chi connectivity index (χ0v) is 14.3. The lowest BCUT2D eigenvalue weighted by Gasteiger charge is -2.09. The monoisotopic (exact) mass is 403 g/mol. The molecule has 0 saturated heterocycles. The minimum Gasteiger partial charge on any atom is -0.325 e. The second-order valence-electron chi connectivity index (χ2n) is 4.74. The van der Waals surface area contributed by atoms with Crippen molar-refractivity contribution < 1.29 is 18.0 Å². The number of thioether (sulfide) groups is 1. The van der Waals surface area contributed by atoms with Gasteiger partial charge in [-0.25, -0.2) is 0 Å². The summed E-state index contributed by atoms with van der Waals surface area (Å²) in [7, 11) is 0. The Morgan fingerprint density at radius 1 is 1.04 bits per heavy atom. The molecule has 0 unspecified atom stereocenters. The van der Waals surface area contributed by atoms with Crippen molar-refractivity contribution >= 4 is 39.3 Å². The fourth-order valence-electron chi connectivity index (χ4n) is 1.78. The van der Waals surface area contributed by atoms with Crippen LogP contribution in [-0.4, -0.2) is 11.7 Å². The van der Waals surface area contributed by atoms with E-state index in [9.17, 15) is 18.0 Å². The SMILES string of the molecule is O=C(CSCc1ccc(Br)cc1)Nc1ccc(C(F)(F)F)cc1. The quantitative estimate of drug-likeness (QED) is 0.729. The predicted octanol–water partition coefficient (Wildman–Crippen LogP) is 5.34. The fourth-order valence-corrected chi connectivity index (χ4v) is 2.83. The van der Waals surface area contributed by atoms with Gasteiger partial charge in [0.05, 0.1) is 11.3 Å². The van der Waals surface area contributed by atoms with E-state index < -0.39 is 11.7 Å². The number of benzene rings is 2. The first-order valence-electron chi connectivity index (χ1n) is 6.64. The molecule has 0 heterocycles. The molecule has 2 aromatic rings. The van der Waals surface area contributed by atoms with Crippen LogP contribution in [0.5, 0.6) is 0 Å². The molecule has 0 atom stereocenters. The molecule has 0 aliphatic carbocycles. The van der Waals surface area contributed by atoms with Crippen molar-refractivity contribution in [1.82, 2.24) is 0 Å². The molecular weight excluding hydrogens is 391 g/mol. The lowest BCUT2D eigenvalue weighted by Crippen LogP contribution is -2.14. The van der Waals surface area contributed by atoms with Crippen LogP contribution in [0.1, 0.15) is 11.1 Å². The Labute approximate surface area is 144 Å². The summed E-state index contributed by atoms with van der Waals surface area (Å²) in [4.78, 5) is 11.8. The first-order valence-corrected chi connectivity index (χ1v) is 8.58. The lowest BCUT2D eigenvalue weighted by molar-refractivity contribution is -0.137. The van der Waals surface area contributed by atoms with E-state index in [2.05, 4.69) is 21.2 Å². The molecule has 0 saturated carbocycles. The Kier molecular flexibility index (Phi) is 6.12. The molecule has 0 aliphatic heterocycles. The average Bonchev–Trinajstić information content (AvgIpc) is 2.49. The standard InChI is InChI=1S/C16H13BrF3NOS/c17-13-5-1-11(2-6-13)9-23-10-15(22)21-14-7-3-12(4-8-14)16(18,19)20/h1-8H,9-10H2,(H,21,22).